The van der Waals surface area contributed by atoms with Gasteiger partial charge in [0.2, 0.25) is 0 Å². The Kier molecular flexibility index (Phi) is 38.6. The topological polar surface area (TPSA) is 132 Å². The quantitative estimate of drug-likeness (QED) is 0.0555. The smallest absolute Gasteiger partial charge is 0.343 e. The maximum Gasteiger partial charge on any atom is 0.343 e. The van der Waals surface area contributed by atoms with Crippen LogP contribution in [0.15, 0.2) is 267 Å². The Morgan fingerprint density at radius 1 is 0.211 bits per heavy atom. The van der Waals surface area contributed by atoms with Crippen LogP contribution in [0.2, 0.25) is 0 Å². The molecule has 0 saturated carbocycles. The molecule has 0 aliphatic rings. The number of carbonyl (C=O) groups excluding carboxylic acids is 5. The highest BCUT2D eigenvalue weighted by atomic mass is 32.1. The van der Waals surface area contributed by atoms with E-state index in [0.717, 1.165) is 56.6 Å². The van der Waals surface area contributed by atoms with Crippen molar-refractivity contribution in [2.75, 3.05) is 0 Å². The highest BCUT2D eigenvalue weighted by Crippen LogP contribution is 2.22. The van der Waals surface area contributed by atoms with E-state index in [1.54, 1.807) is 182 Å². The Hall–Kier alpha value is -9.70. The number of aryl methyl sites for hydroxylation is 5. The molecule has 0 N–H and O–H groups in total. The number of benzene rings is 10. The predicted molar refractivity (Wildman–Crippen MR) is 378 cm³/mol. The van der Waals surface area contributed by atoms with Crippen LogP contribution in [0.5, 0.6) is 28.7 Å². The predicted octanol–water partition coefficient (Wildman–Crippen LogP) is 20.9. The molecular formula is C75H70F5O10S5. The van der Waals surface area contributed by atoms with E-state index in [1.165, 1.54) is 27.8 Å². The van der Waals surface area contributed by atoms with Crippen molar-refractivity contribution in [3.05, 3.63) is 298 Å². The van der Waals surface area contributed by atoms with E-state index in [4.69, 9.17) is 86.8 Å². The van der Waals surface area contributed by atoms with Crippen molar-refractivity contribution in [1.29, 1.82) is 0 Å². The minimum Gasteiger partial charge on any atom is -0.423 e. The lowest BCUT2D eigenvalue weighted by atomic mass is 10.1. The summed E-state index contributed by atoms with van der Waals surface area (Å²) in [6.45, 7) is 10.4. The van der Waals surface area contributed by atoms with Gasteiger partial charge >= 0.3 is 29.8 Å². The molecule has 0 bridgehead atoms. The molecule has 0 aliphatic carbocycles. The summed E-state index contributed by atoms with van der Waals surface area (Å²) >= 11 is 24.8. The monoisotopic (exact) mass is 1390 g/mol. The van der Waals surface area contributed by atoms with Gasteiger partial charge in [-0.2, -0.15) is 0 Å². The largest absolute Gasteiger partial charge is 0.423 e. The van der Waals surface area contributed by atoms with Crippen molar-refractivity contribution in [3.8, 4) is 28.7 Å². The highest BCUT2D eigenvalue weighted by molar-refractivity contribution is 7.81. The first-order chi connectivity index (χ1) is 43.4. The summed E-state index contributed by atoms with van der Waals surface area (Å²) in [4.78, 5) is 62.9. The van der Waals surface area contributed by atoms with Gasteiger partial charge in [-0.15, -0.1) is 0 Å². The molecule has 10 nitrogen and oxygen atoms in total. The van der Waals surface area contributed by atoms with Gasteiger partial charge in [0, 0.05) is 24.5 Å². The van der Waals surface area contributed by atoms with Crippen LogP contribution in [-0.2, 0) is 32.1 Å². The average Bonchev–Trinajstić information content (AvgIpc) is 1.47. The molecule has 0 amide bonds. The lowest BCUT2D eigenvalue weighted by Gasteiger charge is -2.05. The number of halogens is 5. The van der Waals surface area contributed by atoms with Crippen LogP contribution in [0.1, 0.15) is 114 Å². The van der Waals surface area contributed by atoms with Gasteiger partial charge in [-0.25, -0.2) is 24.0 Å². The Labute approximate surface area is 578 Å². The van der Waals surface area contributed by atoms with Gasteiger partial charge in [0.15, 0.2) is 0 Å². The summed E-state index contributed by atoms with van der Waals surface area (Å²) < 4.78 is 26.2. The Bertz CT molecular complexity index is 3270. The van der Waals surface area contributed by atoms with Crippen molar-refractivity contribution in [2.24, 2.45) is 0 Å². The van der Waals surface area contributed by atoms with Crippen LogP contribution in [0.3, 0.4) is 0 Å². The molecule has 10 rings (SSSR count). The molecule has 20 heteroatoms. The molecular weight excluding hydrogens is 1320 g/mol. The van der Waals surface area contributed by atoms with Crippen LogP contribution in [0.25, 0.3) is 0 Å². The van der Waals surface area contributed by atoms with Gasteiger partial charge < -0.3 is 23.7 Å². The van der Waals surface area contributed by atoms with Crippen molar-refractivity contribution < 1.29 is 71.2 Å². The van der Waals surface area contributed by atoms with E-state index in [0.29, 0.717) is 56.6 Å². The average molecular weight is 1390 g/mol. The summed E-state index contributed by atoms with van der Waals surface area (Å²) in [6, 6.07) is 71.4. The van der Waals surface area contributed by atoms with Crippen LogP contribution in [0.4, 0.5) is 23.5 Å². The molecule has 0 spiro atoms. The number of rotatable bonds is 15. The number of ether oxygens (including phenoxy) is 5. The Balaban J connectivity index is 0.000000586. The zero-order chi connectivity index (χ0) is 64.8. The molecule has 0 unspecified atom stereocenters. The Morgan fingerprint density at radius 2 is 0.326 bits per heavy atom. The molecule has 0 heterocycles. The number of carbonyl (C=O) groups is 5. The van der Waals surface area contributed by atoms with E-state index in [2.05, 4.69) is 34.6 Å². The third kappa shape index (κ3) is 29.0. The molecule has 0 fully saturated rings. The first-order valence-electron chi connectivity index (χ1n) is 28.8. The van der Waals surface area contributed by atoms with Crippen LogP contribution in [0, 0.1) is 0 Å². The van der Waals surface area contributed by atoms with E-state index in [1.807, 2.05) is 60.7 Å². The third-order valence-corrected chi connectivity index (χ3v) is 14.5. The molecule has 95 heavy (non-hydrogen) atoms. The van der Waals surface area contributed by atoms with Crippen LogP contribution < -0.4 is 23.7 Å². The number of esters is 5. The van der Waals surface area contributed by atoms with Gasteiger partial charge in [-0.3, -0.25) is 23.5 Å². The fraction of sp³-hybridized carbons (Fsp3) is 0.133. The normalized spacial score (nSPS) is 9.53. The first-order valence-corrected chi connectivity index (χ1v) is 30.9. The Morgan fingerprint density at radius 3 is 0.432 bits per heavy atom. The summed E-state index contributed by atoms with van der Waals surface area (Å²) in [5, 5.41) is 0. The van der Waals surface area contributed by atoms with Gasteiger partial charge in [-0.05, 0) is 242 Å². The molecule has 5 radical (unpaired) electrons. The van der Waals surface area contributed by atoms with E-state index < -0.39 is 0 Å². The molecule has 10 aromatic carbocycles. The van der Waals surface area contributed by atoms with Crippen molar-refractivity contribution >= 4 is 93.0 Å². The summed E-state index contributed by atoms with van der Waals surface area (Å²) in [7, 11) is 0. The number of hydrogen-bond donors (Lipinski definition) is 0. The maximum atomic E-state index is 11.9. The van der Waals surface area contributed by atoms with Gasteiger partial charge in [0.1, 0.15) is 28.7 Å². The molecule has 0 aliphatic heterocycles. The highest BCUT2D eigenvalue weighted by Gasteiger charge is 2.13. The molecule has 10 aromatic rings. The fourth-order valence-corrected chi connectivity index (χ4v) is 8.43. The minimum atomic E-state index is -0.352. The third-order valence-electron chi connectivity index (χ3n) is 13.2. The standard InChI is InChI=1S/5C15H13O2S.5FH/c5*1-2-11-3-5-12(6-4-11)15(16)17-13-7-9-14(18)10-8-13;;;;;/h5*3-10H,2H2,1H3;5*1H. The molecule has 495 valence electrons. The van der Waals surface area contributed by atoms with E-state index in [9.17, 15) is 24.0 Å². The zero-order valence-electron chi connectivity index (χ0n) is 52.3. The first kappa shape index (κ1) is 83.3. The van der Waals surface area contributed by atoms with Crippen LogP contribution >= 0.6 is 63.1 Å². The molecule has 0 atom stereocenters. The van der Waals surface area contributed by atoms with Crippen molar-refractivity contribution in [3.63, 3.8) is 0 Å². The summed E-state index contributed by atoms with van der Waals surface area (Å²) in [5.74, 6) is 0.777. The summed E-state index contributed by atoms with van der Waals surface area (Å²) in [5.41, 5.74) is 8.73. The fourth-order valence-electron chi connectivity index (χ4n) is 7.75. The van der Waals surface area contributed by atoms with E-state index >= 15 is 0 Å². The minimum absolute atomic E-state index is 0. The SMILES string of the molecule is CCc1ccc(C(=O)Oc2ccc([S])cc2)cc1.CCc1ccc(C(=O)Oc2ccc([S])cc2)cc1.CCc1ccc(C(=O)Oc2ccc([S])cc2)cc1.CCc1ccc(C(=O)Oc2ccc([S])cc2)cc1.CCc1ccc(C(=O)Oc2ccc([S])cc2)cc1.F.F.F.F.F. The second-order valence-corrected chi connectivity index (χ2v) is 21.9. The zero-order valence-corrected chi connectivity index (χ0v) is 56.4. The van der Waals surface area contributed by atoms with Crippen molar-refractivity contribution in [2.45, 2.75) is 91.2 Å². The van der Waals surface area contributed by atoms with E-state index in [-0.39, 0.29) is 53.4 Å². The van der Waals surface area contributed by atoms with Gasteiger partial charge in [0.25, 0.3) is 0 Å². The van der Waals surface area contributed by atoms with Crippen molar-refractivity contribution in [1.82, 2.24) is 0 Å². The maximum absolute atomic E-state index is 11.9. The second kappa shape index (κ2) is 44.0. The molecule has 0 saturated heterocycles. The lowest BCUT2D eigenvalue weighted by Crippen LogP contribution is -2.08. The second-order valence-electron chi connectivity index (χ2n) is 19.6. The van der Waals surface area contributed by atoms with Gasteiger partial charge in [-0.1, -0.05) is 158 Å². The van der Waals surface area contributed by atoms with Crippen LogP contribution in [-0.4, -0.2) is 29.8 Å². The molecule has 0 aromatic heterocycles. The number of hydrogen-bond acceptors (Lipinski definition) is 10. The summed E-state index contributed by atoms with van der Waals surface area (Å²) in [6.07, 6.45) is 4.77. The van der Waals surface area contributed by atoms with Gasteiger partial charge in [0.05, 0.1) is 27.8 Å². The lowest BCUT2D eigenvalue weighted by molar-refractivity contribution is 0.0725.